The highest BCUT2D eigenvalue weighted by Crippen LogP contribution is 2.36. The molecule has 1 fully saturated rings. The molecule has 2 aliphatic rings. The summed E-state index contributed by atoms with van der Waals surface area (Å²) < 4.78 is 7.57. The van der Waals surface area contributed by atoms with Crippen molar-refractivity contribution in [3.63, 3.8) is 0 Å². The second kappa shape index (κ2) is 8.54. The van der Waals surface area contributed by atoms with Crippen molar-refractivity contribution in [3.8, 4) is 0 Å². The first-order chi connectivity index (χ1) is 15.5. The number of rotatable bonds is 5. The highest BCUT2D eigenvalue weighted by molar-refractivity contribution is 6.03. The molecular formula is C25H31N5O2. The minimum atomic E-state index is -0.177. The van der Waals surface area contributed by atoms with Gasteiger partial charge in [0, 0.05) is 30.7 Å². The molecule has 0 radical (unpaired) electrons. The number of hydrogen-bond acceptors (Lipinski definition) is 4. The third-order valence-corrected chi connectivity index (χ3v) is 6.87. The number of ether oxygens (including phenoxy) is 1. The van der Waals surface area contributed by atoms with Crippen LogP contribution in [0.25, 0.3) is 0 Å². The number of carbonyl (C=O) groups is 1. The molecule has 1 aromatic carbocycles. The molecule has 5 rings (SSSR count). The van der Waals surface area contributed by atoms with Crippen molar-refractivity contribution in [3.05, 3.63) is 65.2 Å². The number of amides is 1. The average molecular weight is 434 g/mol. The fourth-order valence-electron chi connectivity index (χ4n) is 5.10. The summed E-state index contributed by atoms with van der Waals surface area (Å²) in [5.74, 6) is 0.264. The molecule has 1 unspecified atom stereocenters. The molecular weight excluding hydrogens is 402 g/mol. The lowest BCUT2D eigenvalue weighted by molar-refractivity contribution is 0.0527. The van der Waals surface area contributed by atoms with Gasteiger partial charge >= 0.3 is 0 Å². The monoisotopic (exact) mass is 433 g/mol. The Morgan fingerprint density at radius 1 is 1.25 bits per heavy atom. The summed E-state index contributed by atoms with van der Waals surface area (Å²) in [6.07, 6.45) is 8.52. The highest BCUT2D eigenvalue weighted by Gasteiger charge is 2.31. The predicted molar refractivity (Wildman–Crippen MR) is 123 cm³/mol. The van der Waals surface area contributed by atoms with Gasteiger partial charge in [0.15, 0.2) is 5.69 Å². The number of benzene rings is 1. The third-order valence-electron chi connectivity index (χ3n) is 6.87. The maximum absolute atomic E-state index is 13.0. The first kappa shape index (κ1) is 20.9. The normalized spacial score (nSPS) is 19.3. The van der Waals surface area contributed by atoms with Crippen LogP contribution in [0.2, 0.25) is 0 Å². The Balaban J connectivity index is 1.36. The van der Waals surface area contributed by atoms with E-state index in [0.29, 0.717) is 17.3 Å². The van der Waals surface area contributed by atoms with E-state index in [4.69, 9.17) is 4.74 Å². The number of nitrogens with zero attached hydrogens (tertiary/aromatic N) is 3. The van der Waals surface area contributed by atoms with Gasteiger partial charge in [-0.2, -0.15) is 10.2 Å². The van der Waals surface area contributed by atoms with Crippen LogP contribution in [0.4, 0.5) is 5.69 Å². The number of anilines is 1. The van der Waals surface area contributed by atoms with Crippen LogP contribution in [0.15, 0.2) is 42.7 Å². The van der Waals surface area contributed by atoms with Crippen LogP contribution in [-0.2, 0) is 17.6 Å². The quantitative estimate of drug-likeness (QED) is 0.625. The third kappa shape index (κ3) is 4.21. The van der Waals surface area contributed by atoms with Crippen LogP contribution in [0.1, 0.15) is 66.5 Å². The Morgan fingerprint density at radius 3 is 2.81 bits per heavy atom. The van der Waals surface area contributed by atoms with Gasteiger partial charge in [0.25, 0.3) is 5.91 Å². The van der Waals surface area contributed by atoms with Crippen molar-refractivity contribution in [1.29, 1.82) is 0 Å². The fourth-order valence-corrected chi connectivity index (χ4v) is 5.10. The van der Waals surface area contributed by atoms with Crippen LogP contribution < -0.4 is 5.32 Å². The smallest absolute Gasteiger partial charge is 0.276 e. The molecule has 3 heterocycles. The van der Waals surface area contributed by atoms with E-state index < -0.39 is 0 Å². The van der Waals surface area contributed by atoms with Crippen LogP contribution in [-0.4, -0.2) is 39.1 Å². The molecule has 168 valence electrons. The van der Waals surface area contributed by atoms with Gasteiger partial charge in [-0.15, -0.1) is 0 Å². The van der Waals surface area contributed by atoms with Gasteiger partial charge in [0.2, 0.25) is 0 Å². The first-order valence-electron chi connectivity index (χ1n) is 11.5. The average Bonchev–Trinajstić information content (AvgIpc) is 3.41. The molecule has 2 N–H and O–H groups in total. The predicted octanol–water partition coefficient (Wildman–Crippen LogP) is 4.39. The molecule has 3 aromatic rings. The number of fused-ring (bicyclic) bond motifs is 1. The zero-order chi connectivity index (χ0) is 22.1. The zero-order valence-corrected chi connectivity index (χ0v) is 18.8. The molecule has 7 nitrogen and oxygen atoms in total. The van der Waals surface area contributed by atoms with E-state index in [2.05, 4.69) is 58.7 Å². The van der Waals surface area contributed by atoms with E-state index in [1.807, 2.05) is 16.9 Å². The molecule has 32 heavy (non-hydrogen) atoms. The van der Waals surface area contributed by atoms with Crippen molar-refractivity contribution in [1.82, 2.24) is 20.0 Å². The molecule has 1 saturated heterocycles. The molecule has 1 aliphatic carbocycles. The summed E-state index contributed by atoms with van der Waals surface area (Å²) in [7, 11) is 0. The molecule has 2 aromatic heterocycles. The van der Waals surface area contributed by atoms with E-state index in [1.54, 1.807) is 6.20 Å². The lowest BCUT2D eigenvalue weighted by Gasteiger charge is -2.31. The summed E-state index contributed by atoms with van der Waals surface area (Å²) in [4.78, 5) is 13.0. The summed E-state index contributed by atoms with van der Waals surface area (Å²) in [6, 6.07) is 10.6. The Morgan fingerprint density at radius 2 is 2.03 bits per heavy atom. The van der Waals surface area contributed by atoms with E-state index in [0.717, 1.165) is 56.6 Å². The Labute approximate surface area is 188 Å². The largest absolute Gasteiger partial charge is 0.381 e. The number of H-pyrrole nitrogens is 1. The van der Waals surface area contributed by atoms with E-state index in [1.165, 1.54) is 5.56 Å². The summed E-state index contributed by atoms with van der Waals surface area (Å²) >= 11 is 0. The van der Waals surface area contributed by atoms with Crippen LogP contribution in [0.3, 0.4) is 0 Å². The number of aromatic nitrogens is 4. The molecule has 0 bridgehead atoms. The number of aromatic amines is 1. The Hall–Kier alpha value is -2.93. The van der Waals surface area contributed by atoms with Crippen LogP contribution >= 0.6 is 0 Å². The minimum Gasteiger partial charge on any atom is -0.381 e. The minimum absolute atomic E-state index is 0.117. The Kier molecular flexibility index (Phi) is 5.59. The number of hydrogen-bond donors (Lipinski definition) is 2. The lowest BCUT2D eigenvalue weighted by atomic mass is 9.76. The van der Waals surface area contributed by atoms with Gasteiger partial charge in [0.1, 0.15) is 0 Å². The highest BCUT2D eigenvalue weighted by atomic mass is 16.5. The van der Waals surface area contributed by atoms with Gasteiger partial charge in [-0.3, -0.25) is 14.6 Å². The van der Waals surface area contributed by atoms with E-state index in [9.17, 15) is 4.79 Å². The lowest BCUT2D eigenvalue weighted by Crippen LogP contribution is -2.27. The van der Waals surface area contributed by atoms with E-state index >= 15 is 0 Å². The van der Waals surface area contributed by atoms with Gasteiger partial charge < -0.3 is 10.1 Å². The van der Waals surface area contributed by atoms with Crippen molar-refractivity contribution < 1.29 is 9.53 Å². The van der Waals surface area contributed by atoms with E-state index in [-0.39, 0.29) is 17.4 Å². The number of nitrogens with one attached hydrogen (secondary N) is 2. The first-order valence-corrected chi connectivity index (χ1v) is 11.5. The molecule has 7 heteroatoms. The van der Waals surface area contributed by atoms with Crippen LogP contribution in [0.5, 0.6) is 0 Å². The summed E-state index contributed by atoms with van der Waals surface area (Å²) in [6.45, 7) is 6.07. The fraction of sp³-hybridized carbons (Fsp3) is 0.480. The van der Waals surface area contributed by atoms with Gasteiger partial charge in [-0.25, -0.2) is 0 Å². The van der Waals surface area contributed by atoms with Gasteiger partial charge in [-0.05, 0) is 49.0 Å². The second-order valence-electron chi connectivity index (χ2n) is 9.84. The van der Waals surface area contributed by atoms with Gasteiger partial charge in [0.05, 0.1) is 17.9 Å². The topological polar surface area (TPSA) is 84.8 Å². The second-order valence-corrected chi connectivity index (χ2v) is 9.84. The molecule has 1 amide bonds. The van der Waals surface area contributed by atoms with Crippen molar-refractivity contribution in [2.45, 2.75) is 52.0 Å². The molecule has 0 saturated carbocycles. The van der Waals surface area contributed by atoms with Gasteiger partial charge in [-0.1, -0.05) is 44.2 Å². The molecule has 1 atom stereocenters. The van der Waals surface area contributed by atoms with Crippen molar-refractivity contribution in [2.75, 3.05) is 18.5 Å². The standard InChI is InChI=1S/C25H31N5O2/c1-25(2)11-8-20-21(14-25)28-29-22(20)24(31)27-19-15-26-30(16-19)23(17-6-4-3-5-7-17)18-9-12-32-13-10-18/h3-7,15-16,18,23H,8-14H2,1-2H3,(H,27,31)(H,28,29). The number of carbonyl (C=O) groups excluding carboxylic acids is 1. The van der Waals surface area contributed by atoms with Crippen molar-refractivity contribution >= 4 is 11.6 Å². The van der Waals surface area contributed by atoms with Crippen molar-refractivity contribution in [2.24, 2.45) is 11.3 Å². The summed E-state index contributed by atoms with van der Waals surface area (Å²) in [5.41, 5.74) is 4.81. The molecule has 1 aliphatic heterocycles. The SMILES string of the molecule is CC1(C)CCc2c(C(=O)Nc3cnn(C(c4ccccc4)C4CCOCC4)c3)n[nH]c2C1. The maximum atomic E-state index is 13.0. The molecule has 0 spiro atoms. The van der Waals surface area contributed by atoms with Crippen LogP contribution in [0, 0.1) is 11.3 Å². The zero-order valence-electron chi connectivity index (χ0n) is 18.8. The maximum Gasteiger partial charge on any atom is 0.276 e. The Bertz CT molecular complexity index is 1080. The summed E-state index contributed by atoms with van der Waals surface area (Å²) in [5, 5.41) is 15.1.